The second-order valence-corrected chi connectivity index (χ2v) is 5.79. The van der Waals surface area contributed by atoms with Crippen molar-refractivity contribution in [3.8, 4) is 0 Å². The lowest BCUT2D eigenvalue weighted by Gasteiger charge is -2.31. The van der Waals surface area contributed by atoms with Gasteiger partial charge in [-0.3, -0.25) is 4.57 Å². The molecule has 4 nitrogen and oxygen atoms in total. The fourth-order valence-corrected chi connectivity index (χ4v) is 3.45. The lowest BCUT2D eigenvalue weighted by molar-refractivity contribution is 0.201. The third-order valence-electron chi connectivity index (χ3n) is 2.58. The highest BCUT2D eigenvalue weighted by Gasteiger charge is 2.39. The maximum atomic E-state index is 11.8. The summed E-state index contributed by atoms with van der Waals surface area (Å²) >= 11 is 0. The number of benzene rings is 1. The molecule has 1 heterocycles. The van der Waals surface area contributed by atoms with Crippen molar-refractivity contribution in [1.29, 1.82) is 0 Å². The van der Waals surface area contributed by atoms with Crippen molar-refractivity contribution >= 4 is 7.60 Å². The zero-order valence-electron chi connectivity index (χ0n) is 8.24. The molecule has 2 rings (SSSR count). The molecule has 1 saturated heterocycles. The van der Waals surface area contributed by atoms with Gasteiger partial charge in [0.05, 0.1) is 12.3 Å². The molecule has 3 atom stereocenters. The lowest BCUT2D eigenvalue weighted by atomic mass is 10.1. The van der Waals surface area contributed by atoms with Crippen LogP contribution in [0.4, 0.5) is 0 Å². The summed E-state index contributed by atoms with van der Waals surface area (Å²) in [6, 6.07) is 9.05. The number of hydrogen-bond acceptors (Lipinski definition) is 3. The smallest absolute Gasteiger partial charge is 0.326 e. The molecule has 15 heavy (non-hydrogen) atoms. The molecule has 5 heteroatoms. The molecule has 82 valence electrons. The first-order valence-electron chi connectivity index (χ1n) is 4.87. The predicted octanol–water partition coefficient (Wildman–Crippen LogP) is 1.66. The third kappa shape index (κ3) is 2.29. The molecule has 3 N–H and O–H groups in total. The van der Waals surface area contributed by atoms with E-state index in [1.165, 1.54) is 0 Å². The van der Waals surface area contributed by atoms with Crippen molar-refractivity contribution in [1.82, 2.24) is 0 Å². The van der Waals surface area contributed by atoms with E-state index in [0.29, 0.717) is 6.42 Å². The summed E-state index contributed by atoms with van der Waals surface area (Å²) in [7, 11) is -3.54. The van der Waals surface area contributed by atoms with Gasteiger partial charge in [-0.15, -0.1) is 0 Å². The van der Waals surface area contributed by atoms with Crippen LogP contribution in [0.25, 0.3) is 0 Å². The molecule has 0 spiro atoms. The zero-order chi connectivity index (χ0) is 10.9. The highest BCUT2D eigenvalue weighted by atomic mass is 31.2. The Morgan fingerprint density at radius 2 is 2.07 bits per heavy atom. The Bertz CT molecular complexity index is 382. The highest BCUT2D eigenvalue weighted by Crippen LogP contribution is 2.60. The minimum Gasteiger partial charge on any atom is -0.326 e. The Hall–Kier alpha value is -0.670. The van der Waals surface area contributed by atoms with Crippen LogP contribution in [0.2, 0.25) is 0 Å². The topological polar surface area (TPSA) is 72.5 Å². The van der Waals surface area contributed by atoms with Crippen molar-refractivity contribution in [3.63, 3.8) is 0 Å². The minimum absolute atomic E-state index is 0.163. The van der Waals surface area contributed by atoms with Gasteiger partial charge in [-0.2, -0.15) is 0 Å². The molecule has 0 bridgehead atoms. The summed E-state index contributed by atoms with van der Waals surface area (Å²) < 4.78 is 16.7. The maximum Gasteiger partial charge on any atom is 0.335 e. The van der Waals surface area contributed by atoms with E-state index in [4.69, 9.17) is 10.3 Å². The average molecular weight is 227 g/mol. The van der Waals surface area contributed by atoms with Crippen molar-refractivity contribution in [2.45, 2.75) is 18.1 Å². The predicted molar refractivity (Wildman–Crippen MR) is 57.6 cm³/mol. The van der Waals surface area contributed by atoms with Crippen LogP contribution >= 0.6 is 7.60 Å². The molecule has 0 aliphatic carbocycles. The Morgan fingerprint density at radius 1 is 1.40 bits per heavy atom. The van der Waals surface area contributed by atoms with Crippen LogP contribution in [0, 0.1) is 0 Å². The number of nitrogens with two attached hydrogens (primary N) is 1. The molecule has 0 aromatic heterocycles. The fourth-order valence-electron chi connectivity index (χ4n) is 1.78. The van der Waals surface area contributed by atoms with Crippen molar-refractivity contribution in [2.24, 2.45) is 5.73 Å². The quantitative estimate of drug-likeness (QED) is 0.715. The molecule has 1 unspecified atom stereocenters. The molecular formula is C10H14NO3P. The fraction of sp³-hybridized carbons (Fsp3) is 0.400. The van der Waals surface area contributed by atoms with E-state index in [2.05, 4.69) is 0 Å². The van der Waals surface area contributed by atoms with Gasteiger partial charge in [-0.05, 0) is 12.0 Å². The number of rotatable bonds is 1. The second-order valence-electron chi connectivity index (χ2n) is 3.78. The maximum absolute atomic E-state index is 11.8. The molecule has 0 amide bonds. The third-order valence-corrected chi connectivity index (χ3v) is 4.39. The van der Waals surface area contributed by atoms with Crippen LogP contribution in [-0.2, 0) is 9.09 Å². The van der Waals surface area contributed by atoms with Crippen LogP contribution in [0.3, 0.4) is 0 Å². The van der Waals surface area contributed by atoms with Gasteiger partial charge in [0.25, 0.3) is 0 Å². The molecule has 1 aromatic rings. The van der Waals surface area contributed by atoms with E-state index >= 15 is 0 Å². The summed E-state index contributed by atoms with van der Waals surface area (Å²) in [5.74, 6) is 0. The van der Waals surface area contributed by atoms with Gasteiger partial charge < -0.3 is 15.2 Å². The Labute approximate surface area is 88.6 Å². The van der Waals surface area contributed by atoms with Gasteiger partial charge in [0.1, 0.15) is 0 Å². The highest BCUT2D eigenvalue weighted by molar-refractivity contribution is 7.53. The van der Waals surface area contributed by atoms with Crippen LogP contribution in [0.15, 0.2) is 30.3 Å². The van der Waals surface area contributed by atoms with Crippen LogP contribution in [0.1, 0.15) is 17.6 Å². The summed E-state index contributed by atoms with van der Waals surface area (Å²) in [6.45, 7) is 0.164. The van der Waals surface area contributed by atoms with E-state index in [1.54, 1.807) is 0 Å². The van der Waals surface area contributed by atoms with E-state index in [-0.39, 0.29) is 12.6 Å². The zero-order valence-corrected chi connectivity index (χ0v) is 9.14. The first-order chi connectivity index (χ1) is 7.09. The van der Waals surface area contributed by atoms with E-state index < -0.39 is 13.3 Å². The van der Waals surface area contributed by atoms with Gasteiger partial charge in [-0.1, -0.05) is 30.3 Å². The Kier molecular flexibility index (Phi) is 2.94. The Morgan fingerprint density at radius 3 is 2.73 bits per heavy atom. The lowest BCUT2D eigenvalue weighted by Crippen LogP contribution is -2.32. The summed E-state index contributed by atoms with van der Waals surface area (Å²) in [5, 5.41) is 0. The van der Waals surface area contributed by atoms with E-state index in [1.807, 2.05) is 30.3 Å². The van der Waals surface area contributed by atoms with Crippen LogP contribution < -0.4 is 5.73 Å². The second kappa shape index (κ2) is 4.06. The molecule has 0 radical (unpaired) electrons. The van der Waals surface area contributed by atoms with Gasteiger partial charge in [0.2, 0.25) is 0 Å². The van der Waals surface area contributed by atoms with Crippen molar-refractivity contribution in [3.05, 3.63) is 35.9 Å². The molecule has 1 aliphatic rings. The largest absolute Gasteiger partial charge is 0.335 e. The Balaban J connectivity index is 2.30. The van der Waals surface area contributed by atoms with Gasteiger partial charge in [0.15, 0.2) is 0 Å². The van der Waals surface area contributed by atoms with Crippen molar-refractivity contribution in [2.75, 3.05) is 6.61 Å². The van der Waals surface area contributed by atoms with Gasteiger partial charge in [0, 0.05) is 6.04 Å². The van der Waals surface area contributed by atoms with E-state index in [0.717, 1.165) is 5.56 Å². The normalized spacial score (nSPS) is 36.4. The standard InChI is InChI=1S/C10H14NO3P/c11-9-6-10(15(12,13)14-7-9)8-4-2-1-3-5-8/h1-5,9-10H,6-7,11H2,(H,12,13)/t9-,10+/m0/s1. The molecule has 0 saturated carbocycles. The van der Waals surface area contributed by atoms with Crippen LogP contribution in [-0.4, -0.2) is 17.5 Å². The number of hydrogen-bond donors (Lipinski definition) is 2. The first-order valence-corrected chi connectivity index (χ1v) is 6.52. The molecule has 1 aromatic carbocycles. The van der Waals surface area contributed by atoms with Gasteiger partial charge >= 0.3 is 7.60 Å². The summed E-state index contributed by atoms with van der Waals surface area (Å²) in [6.07, 6.45) is 0.498. The molecule has 1 fully saturated rings. The molecular weight excluding hydrogens is 213 g/mol. The molecule has 1 aliphatic heterocycles. The van der Waals surface area contributed by atoms with Gasteiger partial charge in [-0.25, -0.2) is 0 Å². The monoisotopic (exact) mass is 227 g/mol. The van der Waals surface area contributed by atoms with Crippen molar-refractivity contribution < 1.29 is 14.0 Å². The van der Waals surface area contributed by atoms with Crippen LogP contribution in [0.5, 0.6) is 0 Å². The summed E-state index contributed by atoms with van der Waals surface area (Å²) in [4.78, 5) is 9.68. The summed E-state index contributed by atoms with van der Waals surface area (Å²) in [5.41, 5.74) is 6.06. The first kappa shape index (κ1) is 10.8. The average Bonchev–Trinajstić information content (AvgIpc) is 2.23. The SMILES string of the molecule is N[C@@H]1COP(=O)(O)[C@@H](c2ccccc2)C1. The van der Waals surface area contributed by atoms with E-state index in [9.17, 15) is 9.46 Å². The minimum atomic E-state index is -3.54.